The summed E-state index contributed by atoms with van der Waals surface area (Å²) in [4.78, 5) is 14.1. The van der Waals surface area contributed by atoms with Gasteiger partial charge in [0.2, 0.25) is 0 Å². The molecule has 1 aliphatic heterocycles. The van der Waals surface area contributed by atoms with Crippen LogP contribution in [0.5, 0.6) is 0 Å². The fourth-order valence-corrected chi connectivity index (χ4v) is 9.19. The number of hydrogen-bond acceptors (Lipinski definition) is 3. The third-order valence-electron chi connectivity index (χ3n) is 6.51. The van der Waals surface area contributed by atoms with Crippen molar-refractivity contribution in [2.75, 3.05) is 13.1 Å². The Morgan fingerprint density at radius 2 is 1.50 bits per heavy atom. The van der Waals surface area contributed by atoms with E-state index in [9.17, 15) is 6.17 Å². The average molecular weight is 508 g/mol. The summed E-state index contributed by atoms with van der Waals surface area (Å²) in [5, 5.41) is 1.04. The van der Waals surface area contributed by atoms with E-state index >= 15 is 0 Å². The number of rotatable bonds is 7. The predicted molar refractivity (Wildman–Crippen MR) is 147 cm³/mol. The number of carbonyl (C=O) groups is 1. The van der Waals surface area contributed by atoms with E-state index in [1.807, 2.05) is 81.4 Å². The van der Waals surface area contributed by atoms with Gasteiger partial charge in [-0.3, -0.25) is 0 Å². The molecule has 5 heteroatoms. The number of likely N-dealkylation sites (tertiary alicyclic amines) is 1. The van der Waals surface area contributed by atoms with Crippen LogP contribution in [0, 0.1) is 11.8 Å². The molecule has 1 saturated carbocycles. The highest BCUT2D eigenvalue weighted by Gasteiger charge is 2.52. The molecule has 36 heavy (non-hydrogen) atoms. The molecule has 0 N–H and O–H groups in total. The van der Waals surface area contributed by atoms with Gasteiger partial charge in [-0.2, -0.15) is 0 Å². The quantitative estimate of drug-likeness (QED) is 0.390. The second-order valence-electron chi connectivity index (χ2n) is 9.98. The lowest BCUT2D eigenvalue weighted by molar-refractivity contribution is 0.0499. The van der Waals surface area contributed by atoms with E-state index in [1.54, 1.807) is 30.3 Å². The minimum absolute atomic E-state index is 0.287. The number of amides is 1. The number of benzene rings is 3. The molecule has 4 atom stereocenters. The van der Waals surface area contributed by atoms with Crippen LogP contribution in [0.1, 0.15) is 50.1 Å². The standard InChI is InChI=1S/C31H37NO3Si/c1-31(2,3)36(28-15-9-5-10-16-28,29-17-11-6-12-18-29)35-23-27-20-25-19-26(25)21-32(27)30(33)34-22-24-13-7-4-8-14-24/h4-18,25-27H,19-23H2,1-3H3/t25-,26+,27-/m0/s1/i19D,20D2,21D2,25D,26D,27D/t19?,25-,26+,27-. The molecule has 4 nitrogen and oxygen atoms in total. The van der Waals surface area contributed by atoms with Gasteiger partial charge in [-0.15, -0.1) is 0 Å². The van der Waals surface area contributed by atoms with Crippen LogP contribution >= 0.6 is 0 Å². The van der Waals surface area contributed by atoms with Gasteiger partial charge in [-0.1, -0.05) is 112 Å². The highest BCUT2D eigenvalue weighted by molar-refractivity contribution is 6.99. The molecule has 2 fully saturated rings. The molecule has 1 saturated heterocycles. The lowest BCUT2D eigenvalue weighted by atomic mass is 10.0. The molecule has 0 radical (unpaired) electrons. The van der Waals surface area contributed by atoms with Crippen molar-refractivity contribution in [1.82, 2.24) is 4.90 Å². The summed E-state index contributed by atoms with van der Waals surface area (Å²) >= 11 is 0. The maximum atomic E-state index is 13.8. The average Bonchev–Trinajstić information content (AvgIpc) is 3.46. The fourth-order valence-electron chi connectivity index (χ4n) is 4.68. The first kappa shape index (κ1) is 16.8. The van der Waals surface area contributed by atoms with Crippen LogP contribution < -0.4 is 10.4 Å². The van der Waals surface area contributed by atoms with Crippen molar-refractivity contribution in [2.24, 2.45) is 11.8 Å². The van der Waals surface area contributed by atoms with E-state index in [2.05, 4.69) is 0 Å². The van der Waals surface area contributed by atoms with Crippen LogP contribution in [0.2, 0.25) is 5.04 Å². The Hall–Kier alpha value is -2.89. The van der Waals surface area contributed by atoms with Crippen LogP contribution in [0.4, 0.5) is 4.79 Å². The van der Waals surface area contributed by atoms with Gasteiger partial charge in [0.15, 0.2) is 0 Å². The van der Waals surface area contributed by atoms with Crippen molar-refractivity contribution in [3.63, 3.8) is 0 Å². The van der Waals surface area contributed by atoms with Crippen molar-refractivity contribution in [1.29, 1.82) is 0 Å². The molecule has 0 bridgehead atoms. The van der Waals surface area contributed by atoms with Gasteiger partial charge in [0, 0.05) is 16.1 Å². The summed E-state index contributed by atoms with van der Waals surface area (Å²) < 4.78 is 84.3. The largest absolute Gasteiger partial charge is 0.445 e. The van der Waals surface area contributed by atoms with E-state index in [4.69, 9.17) is 18.8 Å². The van der Waals surface area contributed by atoms with Gasteiger partial charge < -0.3 is 14.1 Å². The highest BCUT2D eigenvalue weighted by Crippen LogP contribution is 2.47. The minimum Gasteiger partial charge on any atom is -0.445 e. The van der Waals surface area contributed by atoms with Gasteiger partial charge >= 0.3 is 6.09 Å². The lowest BCUT2D eigenvalue weighted by Crippen LogP contribution is -2.67. The van der Waals surface area contributed by atoms with E-state index in [-0.39, 0.29) is 11.5 Å². The van der Waals surface area contributed by atoms with Crippen molar-refractivity contribution >= 4 is 24.8 Å². The molecule has 3 aromatic carbocycles. The van der Waals surface area contributed by atoms with Crippen molar-refractivity contribution < 1.29 is 24.9 Å². The smallest absolute Gasteiger partial charge is 0.410 e. The zero-order valence-corrected chi connectivity index (χ0v) is 21.8. The fraction of sp³-hybridized carbons (Fsp3) is 0.387. The summed E-state index contributed by atoms with van der Waals surface area (Å²) in [7, 11) is -3.44. The third kappa shape index (κ3) is 5.00. The van der Waals surface area contributed by atoms with Crippen LogP contribution in [0.15, 0.2) is 91.0 Å². The first-order valence-corrected chi connectivity index (χ1v) is 14.0. The molecule has 5 rings (SSSR count). The number of piperidine rings is 1. The third-order valence-corrected chi connectivity index (χ3v) is 11.5. The van der Waals surface area contributed by atoms with Crippen molar-refractivity contribution in [3.8, 4) is 0 Å². The van der Waals surface area contributed by atoms with Crippen molar-refractivity contribution in [3.05, 3.63) is 96.6 Å². The highest BCUT2D eigenvalue weighted by atomic mass is 28.4. The minimum atomic E-state index is -3.44. The van der Waals surface area contributed by atoms with Gasteiger partial charge in [-0.25, -0.2) is 4.79 Å². The van der Waals surface area contributed by atoms with Crippen LogP contribution in [-0.4, -0.2) is 38.4 Å². The Bertz CT molecular complexity index is 1470. The van der Waals surface area contributed by atoms with E-state index in [0.717, 1.165) is 10.4 Å². The first-order chi connectivity index (χ1) is 20.4. The molecule has 0 aromatic heterocycles. The molecular weight excluding hydrogens is 462 g/mol. The van der Waals surface area contributed by atoms with Gasteiger partial charge in [-0.05, 0) is 45.5 Å². The van der Waals surface area contributed by atoms with E-state index in [0.29, 0.717) is 5.56 Å². The van der Waals surface area contributed by atoms with Gasteiger partial charge in [0.25, 0.3) is 8.32 Å². The normalized spacial score (nSPS) is 35.8. The molecule has 1 aliphatic carbocycles. The Kier molecular flexibility index (Phi) is 4.77. The summed E-state index contributed by atoms with van der Waals surface area (Å²) in [5.74, 6) is -5.33. The Balaban J connectivity index is 1.65. The Morgan fingerprint density at radius 3 is 2.06 bits per heavy atom. The molecule has 1 unspecified atom stereocenters. The first-order valence-electron chi connectivity index (χ1n) is 16.2. The van der Waals surface area contributed by atoms with Gasteiger partial charge in [0.1, 0.15) is 6.61 Å². The monoisotopic (exact) mass is 507 g/mol. The predicted octanol–water partition coefficient (Wildman–Crippen LogP) is 5.61. The summed E-state index contributed by atoms with van der Waals surface area (Å²) in [6.07, 6.45) is -6.31. The summed E-state index contributed by atoms with van der Waals surface area (Å²) in [6, 6.07) is 24.5. The maximum Gasteiger partial charge on any atom is 0.410 e. The summed E-state index contributed by atoms with van der Waals surface area (Å²) in [5.41, 5.74) is 0.584. The lowest BCUT2D eigenvalue weighted by Gasteiger charge is -2.45. The van der Waals surface area contributed by atoms with Crippen LogP contribution in [-0.2, 0) is 15.8 Å². The Labute approximate surface area is 227 Å². The molecular formula is C31H37NO3Si. The van der Waals surface area contributed by atoms with Crippen molar-refractivity contribution in [2.45, 2.75) is 51.2 Å². The molecule has 0 spiro atoms. The maximum absolute atomic E-state index is 13.8. The topological polar surface area (TPSA) is 38.8 Å². The molecule has 1 heterocycles. The zero-order chi connectivity index (χ0) is 32.4. The van der Waals surface area contributed by atoms with Crippen LogP contribution in [0.3, 0.4) is 0 Å². The molecule has 3 aromatic rings. The SMILES string of the molecule is [2H]C1[C@@]2([2H])C([2H])([2H])[C@@]([2H])(CO[Si](c3ccccc3)(c3ccccc3)C(C)(C)C)N(C(=O)OCc3ccccc3)C([2H])([2H])[C@@]12[2H]. The number of hydrogen-bond donors (Lipinski definition) is 0. The number of carbonyl (C=O) groups excluding carboxylic acids is 1. The summed E-state index contributed by atoms with van der Waals surface area (Å²) in [6.45, 7) is 1.71. The van der Waals surface area contributed by atoms with E-state index in [1.165, 1.54) is 0 Å². The zero-order valence-electron chi connectivity index (χ0n) is 28.8. The number of nitrogens with zero attached hydrogens (tertiary/aromatic N) is 1. The number of fused-ring (bicyclic) bond motifs is 1. The second kappa shape index (κ2) is 10.2. The molecule has 188 valence electrons. The second-order valence-corrected chi connectivity index (χ2v) is 14.3. The van der Waals surface area contributed by atoms with Crippen LogP contribution in [0.25, 0.3) is 0 Å². The molecule has 1 amide bonds. The molecule has 2 aliphatic rings. The Morgan fingerprint density at radius 1 is 0.944 bits per heavy atom. The van der Waals surface area contributed by atoms with Gasteiger partial charge in [0.05, 0.1) is 14.0 Å². The number of ether oxygens (including phenoxy) is 1. The van der Waals surface area contributed by atoms with E-state index < -0.39 is 63.1 Å².